The van der Waals surface area contributed by atoms with E-state index in [1.165, 1.54) is 43.4 Å². The fourth-order valence-corrected chi connectivity index (χ4v) is 7.46. The maximum absolute atomic E-state index is 10.2. The van der Waals surface area contributed by atoms with E-state index in [0.29, 0.717) is 24.0 Å². The summed E-state index contributed by atoms with van der Waals surface area (Å²) in [6, 6.07) is 45.4. The highest BCUT2D eigenvalue weighted by Gasteiger charge is 2.20. The molecule has 0 bridgehead atoms. The first-order valence-electron chi connectivity index (χ1n) is 17.5. The van der Waals surface area contributed by atoms with Gasteiger partial charge in [-0.3, -0.25) is 9.80 Å². The number of hydrogen-bond acceptors (Lipinski definition) is 6. The number of nitrogens with zero attached hydrogens (tertiary/aromatic N) is 2. The first-order chi connectivity index (χ1) is 24.4. The summed E-state index contributed by atoms with van der Waals surface area (Å²) < 4.78 is 0. The molecule has 0 aliphatic rings. The van der Waals surface area contributed by atoms with Gasteiger partial charge in [0.05, 0.1) is 0 Å². The highest BCUT2D eigenvalue weighted by atomic mass is 16.4. The lowest BCUT2D eigenvalue weighted by Crippen LogP contribution is -2.36. The van der Waals surface area contributed by atoms with Crippen LogP contribution in [-0.2, 0) is 26.2 Å². The van der Waals surface area contributed by atoms with E-state index in [9.17, 15) is 20.1 Å². The predicted octanol–water partition coefficient (Wildman–Crippen LogP) is 5.43. The fourth-order valence-electron chi connectivity index (χ4n) is 7.46. The lowest BCUT2D eigenvalue weighted by atomic mass is 9.77. The maximum atomic E-state index is 10.2. The Kier molecular flexibility index (Phi) is 10.6. The Balaban J connectivity index is 1.13. The van der Waals surface area contributed by atoms with Crippen LogP contribution >= 0.6 is 0 Å². The van der Waals surface area contributed by atoms with Gasteiger partial charge in [-0.25, -0.2) is 0 Å². The molecule has 0 saturated carbocycles. The van der Waals surface area contributed by atoms with Crippen molar-refractivity contribution in [2.45, 2.75) is 39.0 Å². The van der Waals surface area contributed by atoms with Crippen LogP contribution in [-0.4, -0.2) is 57.2 Å². The summed E-state index contributed by atoms with van der Waals surface area (Å²) in [6.07, 6.45) is 1.88. The van der Waals surface area contributed by atoms with Gasteiger partial charge >= 0.3 is 14.2 Å². The van der Waals surface area contributed by atoms with Crippen LogP contribution in [0.2, 0.25) is 0 Å². The van der Waals surface area contributed by atoms with Gasteiger partial charge < -0.3 is 20.1 Å². The predicted molar refractivity (Wildman–Crippen MR) is 207 cm³/mol. The van der Waals surface area contributed by atoms with E-state index in [1.54, 1.807) is 12.1 Å². The summed E-state index contributed by atoms with van der Waals surface area (Å²) in [5.41, 5.74) is 5.35. The maximum Gasteiger partial charge on any atom is 0.488 e. The first kappa shape index (κ1) is 33.9. The molecule has 0 heterocycles. The minimum absolute atomic E-state index is 0.534. The molecule has 7 aromatic rings. The third-order valence-corrected chi connectivity index (χ3v) is 9.92. The Labute approximate surface area is 294 Å². The normalized spacial score (nSPS) is 11.8. The van der Waals surface area contributed by atoms with Crippen molar-refractivity contribution in [1.82, 2.24) is 9.80 Å². The van der Waals surface area contributed by atoms with Gasteiger partial charge in [0.1, 0.15) is 0 Å². The minimum atomic E-state index is -1.53. The van der Waals surface area contributed by atoms with Gasteiger partial charge in [0.2, 0.25) is 0 Å². The molecular weight excluding hydrogens is 618 g/mol. The first-order valence-corrected chi connectivity index (χ1v) is 17.5. The van der Waals surface area contributed by atoms with Crippen LogP contribution in [0.4, 0.5) is 0 Å². The highest BCUT2D eigenvalue weighted by molar-refractivity contribution is 6.59. The number of benzene rings is 7. The van der Waals surface area contributed by atoms with Gasteiger partial charge in [0, 0.05) is 26.2 Å². The molecule has 0 unspecified atom stereocenters. The molecule has 8 heteroatoms. The van der Waals surface area contributed by atoms with Gasteiger partial charge in [0.15, 0.2) is 0 Å². The molecule has 7 aromatic carbocycles. The summed E-state index contributed by atoms with van der Waals surface area (Å²) >= 11 is 0. The molecular formula is C42H42B2N2O4. The Bertz CT molecular complexity index is 2160. The second-order valence-electron chi connectivity index (χ2n) is 13.3. The SMILES string of the molecule is OB(O)c1ccccc1CN(CCCCN(Cc1ccccc1B(O)O)Cc1ccc2ccc3cccc4ccc1c2c34)Cc1ccccc1. The molecule has 4 N–H and O–H groups in total. The van der Waals surface area contributed by atoms with Crippen LogP contribution in [0, 0.1) is 0 Å². The number of rotatable bonds is 15. The topological polar surface area (TPSA) is 87.4 Å². The third kappa shape index (κ3) is 7.62. The number of unbranched alkanes of at least 4 members (excludes halogenated alkanes) is 1. The van der Waals surface area contributed by atoms with Crippen LogP contribution in [0.1, 0.15) is 35.1 Å². The summed E-state index contributed by atoms with van der Waals surface area (Å²) in [7, 11) is -3.05. The van der Waals surface area contributed by atoms with Gasteiger partial charge in [-0.1, -0.05) is 133 Å². The van der Waals surface area contributed by atoms with Crippen molar-refractivity contribution >= 4 is 57.5 Å². The third-order valence-electron chi connectivity index (χ3n) is 9.92. The van der Waals surface area contributed by atoms with E-state index in [4.69, 9.17) is 0 Å². The largest absolute Gasteiger partial charge is 0.488 e. The molecule has 0 aliphatic carbocycles. The molecule has 250 valence electrons. The molecule has 0 spiro atoms. The second-order valence-corrected chi connectivity index (χ2v) is 13.3. The van der Waals surface area contributed by atoms with E-state index >= 15 is 0 Å². The average molecular weight is 660 g/mol. The highest BCUT2D eigenvalue weighted by Crippen LogP contribution is 2.36. The molecule has 0 atom stereocenters. The zero-order valence-corrected chi connectivity index (χ0v) is 28.2. The monoisotopic (exact) mass is 660 g/mol. The molecule has 0 aromatic heterocycles. The van der Waals surface area contributed by atoms with E-state index in [2.05, 4.69) is 88.7 Å². The van der Waals surface area contributed by atoms with Crippen LogP contribution in [0.3, 0.4) is 0 Å². The van der Waals surface area contributed by atoms with Gasteiger partial charge in [-0.05, 0) is 91.4 Å². The average Bonchev–Trinajstić information content (AvgIpc) is 3.13. The Morgan fingerprint density at radius 3 is 1.48 bits per heavy atom. The molecule has 0 saturated heterocycles. The van der Waals surface area contributed by atoms with E-state index in [1.807, 2.05) is 42.5 Å². The van der Waals surface area contributed by atoms with Crippen LogP contribution in [0.15, 0.2) is 133 Å². The van der Waals surface area contributed by atoms with Crippen LogP contribution < -0.4 is 10.9 Å². The van der Waals surface area contributed by atoms with Gasteiger partial charge in [-0.15, -0.1) is 0 Å². The molecule has 0 amide bonds. The number of hydrogen-bond donors (Lipinski definition) is 4. The van der Waals surface area contributed by atoms with E-state index in [0.717, 1.165) is 50.1 Å². The van der Waals surface area contributed by atoms with Gasteiger partial charge in [-0.2, -0.15) is 0 Å². The standard InChI is InChI=1S/C42H42B2N2O4/c47-43(48)39-17-6-4-13-36(39)29-45(27-31-11-2-1-3-12-31)25-8-9-26-46(30-37-14-5-7-18-40(37)44(49)50)28-35-22-21-34-20-19-32-15-10-16-33-23-24-38(35)42(34)41(32)33/h1-7,10-24,47-50H,8-9,25-30H2. The zero-order valence-electron chi connectivity index (χ0n) is 28.2. The van der Waals surface area contributed by atoms with Crippen molar-refractivity contribution in [2.75, 3.05) is 13.1 Å². The van der Waals surface area contributed by atoms with Crippen molar-refractivity contribution < 1.29 is 20.1 Å². The van der Waals surface area contributed by atoms with Crippen molar-refractivity contribution in [3.63, 3.8) is 0 Å². The summed E-state index contributed by atoms with van der Waals surface area (Å²) in [4.78, 5) is 4.80. The lowest BCUT2D eigenvalue weighted by molar-refractivity contribution is 0.224. The molecule has 7 rings (SSSR count). The Hall–Kier alpha value is -4.53. The van der Waals surface area contributed by atoms with E-state index < -0.39 is 14.2 Å². The molecule has 0 radical (unpaired) electrons. The van der Waals surface area contributed by atoms with Crippen molar-refractivity contribution in [1.29, 1.82) is 0 Å². The van der Waals surface area contributed by atoms with Crippen molar-refractivity contribution in [3.05, 3.63) is 156 Å². The van der Waals surface area contributed by atoms with Crippen LogP contribution in [0.5, 0.6) is 0 Å². The van der Waals surface area contributed by atoms with Crippen LogP contribution in [0.25, 0.3) is 32.3 Å². The second kappa shape index (κ2) is 15.6. The Morgan fingerprint density at radius 2 is 0.880 bits per heavy atom. The minimum Gasteiger partial charge on any atom is -0.423 e. The van der Waals surface area contributed by atoms with E-state index in [-0.39, 0.29) is 0 Å². The van der Waals surface area contributed by atoms with Gasteiger partial charge in [0.25, 0.3) is 0 Å². The fraction of sp³-hybridized carbons (Fsp3) is 0.190. The summed E-state index contributed by atoms with van der Waals surface area (Å²) in [5.74, 6) is 0. The zero-order chi connectivity index (χ0) is 34.5. The summed E-state index contributed by atoms with van der Waals surface area (Å²) in [5, 5.41) is 48.0. The van der Waals surface area contributed by atoms with Crippen molar-refractivity contribution in [2.24, 2.45) is 0 Å². The quantitative estimate of drug-likeness (QED) is 0.0668. The lowest BCUT2D eigenvalue weighted by Gasteiger charge is -2.27. The molecule has 50 heavy (non-hydrogen) atoms. The smallest absolute Gasteiger partial charge is 0.423 e. The Morgan fingerprint density at radius 1 is 0.400 bits per heavy atom. The summed E-state index contributed by atoms with van der Waals surface area (Å²) in [6.45, 7) is 4.33. The molecule has 0 fully saturated rings. The van der Waals surface area contributed by atoms with Crippen molar-refractivity contribution in [3.8, 4) is 0 Å². The molecule has 6 nitrogen and oxygen atoms in total. The molecule has 0 aliphatic heterocycles.